The van der Waals surface area contributed by atoms with Gasteiger partial charge in [-0.25, -0.2) is 0 Å². The highest BCUT2D eigenvalue weighted by molar-refractivity contribution is 5.00. The molecule has 0 amide bonds. The van der Waals surface area contributed by atoms with Gasteiger partial charge in [0.25, 0.3) is 0 Å². The molecule has 0 saturated carbocycles. The lowest BCUT2D eigenvalue weighted by Crippen LogP contribution is -2.09. The standard InChI is InChI=1S/C14H26N2O/c1-4-7-14(17)9-8-12-10-11-16(15-12)13(5-2)6-3/h10-11,13-14,17H,4-9H2,1-3H3. The van der Waals surface area contributed by atoms with E-state index in [1.54, 1.807) is 0 Å². The third-order valence-corrected chi connectivity index (χ3v) is 3.34. The highest BCUT2D eigenvalue weighted by Crippen LogP contribution is 2.15. The van der Waals surface area contributed by atoms with Crippen LogP contribution in [0.4, 0.5) is 0 Å². The average Bonchev–Trinajstić information content (AvgIpc) is 2.77. The lowest BCUT2D eigenvalue weighted by Gasteiger charge is -2.12. The number of aryl methyl sites for hydroxylation is 1. The van der Waals surface area contributed by atoms with Gasteiger partial charge in [-0.3, -0.25) is 4.68 Å². The van der Waals surface area contributed by atoms with E-state index >= 15 is 0 Å². The van der Waals surface area contributed by atoms with Gasteiger partial charge in [0.1, 0.15) is 0 Å². The van der Waals surface area contributed by atoms with E-state index in [0.717, 1.165) is 44.2 Å². The average molecular weight is 238 g/mol. The van der Waals surface area contributed by atoms with Crippen LogP contribution in [-0.4, -0.2) is 21.0 Å². The second kappa shape index (κ2) is 7.49. The first-order valence-electron chi connectivity index (χ1n) is 6.93. The van der Waals surface area contributed by atoms with Gasteiger partial charge in [-0.2, -0.15) is 5.10 Å². The molecule has 0 spiro atoms. The summed E-state index contributed by atoms with van der Waals surface area (Å²) < 4.78 is 2.07. The molecule has 0 aliphatic carbocycles. The molecule has 1 atom stereocenters. The van der Waals surface area contributed by atoms with Crippen LogP contribution in [0.3, 0.4) is 0 Å². The van der Waals surface area contributed by atoms with Crippen LogP contribution < -0.4 is 0 Å². The van der Waals surface area contributed by atoms with Crippen molar-refractivity contribution in [3.05, 3.63) is 18.0 Å². The maximum Gasteiger partial charge on any atom is 0.0625 e. The van der Waals surface area contributed by atoms with Crippen LogP contribution in [0, 0.1) is 0 Å². The molecule has 0 saturated heterocycles. The van der Waals surface area contributed by atoms with E-state index in [2.05, 4.69) is 42.8 Å². The van der Waals surface area contributed by atoms with Gasteiger partial charge in [0, 0.05) is 6.20 Å². The summed E-state index contributed by atoms with van der Waals surface area (Å²) >= 11 is 0. The second-order valence-electron chi connectivity index (χ2n) is 4.74. The predicted molar refractivity (Wildman–Crippen MR) is 71.1 cm³/mol. The SMILES string of the molecule is CCCC(O)CCc1ccn(C(CC)CC)n1. The normalized spacial score (nSPS) is 13.2. The summed E-state index contributed by atoms with van der Waals surface area (Å²) in [5, 5.41) is 14.3. The summed E-state index contributed by atoms with van der Waals surface area (Å²) in [5.41, 5.74) is 1.10. The summed E-state index contributed by atoms with van der Waals surface area (Å²) in [6.45, 7) is 6.49. The number of rotatable bonds is 8. The first-order chi connectivity index (χ1) is 8.21. The van der Waals surface area contributed by atoms with Crippen LogP contribution in [0.5, 0.6) is 0 Å². The summed E-state index contributed by atoms with van der Waals surface area (Å²) in [7, 11) is 0. The van der Waals surface area contributed by atoms with Gasteiger partial charge >= 0.3 is 0 Å². The monoisotopic (exact) mass is 238 g/mol. The summed E-state index contributed by atoms with van der Waals surface area (Å²) in [6, 6.07) is 2.60. The number of hydrogen-bond donors (Lipinski definition) is 1. The highest BCUT2D eigenvalue weighted by Gasteiger charge is 2.09. The van der Waals surface area contributed by atoms with Crippen LogP contribution in [0.2, 0.25) is 0 Å². The third kappa shape index (κ3) is 4.50. The van der Waals surface area contributed by atoms with Crippen LogP contribution in [-0.2, 0) is 6.42 Å². The first kappa shape index (κ1) is 14.2. The zero-order chi connectivity index (χ0) is 12.7. The van der Waals surface area contributed by atoms with Crippen LogP contribution in [0.1, 0.15) is 64.6 Å². The van der Waals surface area contributed by atoms with E-state index in [0.29, 0.717) is 6.04 Å². The summed E-state index contributed by atoms with van der Waals surface area (Å²) in [5.74, 6) is 0. The van der Waals surface area contributed by atoms with Gasteiger partial charge in [0.2, 0.25) is 0 Å². The quantitative estimate of drug-likeness (QED) is 0.754. The van der Waals surface area contributed by atoms with Crippen LogP contribution in [0.15, 0.2) is 12.3 Å². The second-order valence-corrected chi connectivity index (χ2v) is 4.74. The van der Waals surface area contributed by atoms with Crippen molar-refractivity contribution in [1.29, 1.82) is 0 Å². The van der Waals surface area contributed by atoms with Gasteiger partial charge < -0.3 is 5.11 Å². The van der Waals surface area contributed by atoms with Crippen molar-refractivity contribution in [3.8, 4) is 0 Å². The zero-order valence-electron chi connectivity index (χ0n) is 11.4. The molecule has 1 rings (SSSR count). The Bertz CT molecular complexity index is 305. The number of hydrogen-bond acceptors (Lipinski definition) is 2. The maximum atomic E-state index is 9.68. The molecule has 0 fully saturated rings. The Morgan fingerprint density at radius 3 is 2.53 bits per heavy atom. The van der Waals surface area contributed by atoms with E-state index in [9.17, 15) is 5.11 Å². The smallest absolute Gasteiger partial charge is 0.0625 e. The fourth-order valence-corrected chi connectivity index (χ4v) is 2.17. The zero-order valence-corrected chi connectivity index (χ0v) is 11.4. The van der Waals surface area contributed by atoms with Crippen molar-refractivity contribution in [3.63, 3.8) is 0 Å². The lowest BCUT2D eigenvalue weighted by atomic mass is 10.1. The number of nitrogens with zero attached hydrogens (tertiary/aromatic N) is 2. The highest BCUT2D eigenvalue weighted by atomic mass is 16.3. The van der Waals surface area contributed by atoms with E-state index in [1.165, 1.54) is 0 Å². The molecule has 3 nitrogen and oxygen atoms in total. The van der Waals surface area contributed by atoms with Crippen molar-refractivity contribution >= 4 is 0 Å². The van der Waals surface area contributed by atoms with Crippen molar-refractivity contribution in [2.45, 2.75) is 71.4 Å². The lowest BCUT2D eigenvalue weighted by molar-refractivity contribution is 0.153. The largest absolute Gasteiger partial charge is 0.393 e. The first-order valence-corrected chi connectivity index (χ1v) is 6.93. The number of aromatic nitrogens is 2. The van der Waals surface area contributed by atoms with E-state index in [-0.39, 0.29) is 6.10 Å². The molecule has 3 heteroatoms. The summed E-state index contributed by atoms with van der Waals surface area (Å²) in [6.07, 6.45) is 7.79. The molecule has 1 aromatic rings. The molecule has 0 aromatic carbocycles. The predicted octanol–water partition coefficient (Wildman–Crippen LogP) is 3.34. The fourth-order valence-electron chi connectivity index (χ4n) is 2.17. The molecular weight excluding hydrogens is 212 g/mol. The van der Waals surface area contributed by atoms with Crippen molar-refractivity contribution in [1.82, 2.24) is 9.78 Å². The Morgan fingerprint density at radius 1 is 1.24 bits per heavy atom. The van der Waals surface area contributed by atoms with E-state index in [4.69, 9.17) is 0 Å². The topological polar surface area (TPSA) is 38.0 Å². The minimum absolute atomic E-state index is 0.168. The molecule has 0 radical (unpaired) electrons. The fraction of sp³-hybridized carbons (Fsp3) is 0.786. The maximum absolute atomic E-state index is 9.68. The third-order valence-electron chi connectivity index (χ3n) is 3.34. The van der Waals surface area contributed by atoms with E-state index in [1.807, 2.05) is 0 Å². The molecule has 98 valence electrons. The Hall–Kier alpha value is -0.830. The molecular formula is C14H26N2O. The van der Waals surface area contributed by atoms with Gasteiger partial charge in [-0.15, -0.1) is 0 Å². The minimum Gasteiger partial charge on any atom is -0.393 e. The molecule has 0 aliphatic heterocycles. The van der Waals surface area contributed by atoms with Gasteiger partial charge in [0.05, 0.1) is 17.8 Å². The molecule has 1 aromatic heterocycles. The molecule has 17 heavy (non-hydrogen) atoms. The number of aliphatic hydroxyl groups excluding tert-OH is 1. The Morgan fingerprint density at radius 2 is 1.94 bits per heavy atom. The van der Waals surface area contributed by atoms with Crippen molar-refractivity contribution in [2.24, 2.45) is 0 Å². The Balaban J connectivity index is 2.45. The van der Waals surface area contributed by atoms with Gasteiger partial charge in [-0.05, 0) is 38.2 Å². The molecule has 0 bridgehead atoms. The van der Waals surface area contributed by atoms with Crippen molar-refractivity contribution in [2.75, 3.05) is 0 Å². The molecule has 1 unspecified atom stereocenters. The number of aliphatic hydroxyl groups is 1. The van der Waals surface area contributed by atoms with Crippen LogP contribution in [0.25, 0.3) is 0 Å². The molecule has 1 N–H and O–H groups in total. The van der Waals surface area contributed by atoms with Gasteiger partial charge in [0.15, 0.2) is 0 Å². The van der Waals surface area contributed by atoms with Crippen molar-refractivity contribution < 1.29 is 5.11 Å². The van der Waals surface area contributed by atoms with E-state index < -0.39 is 0 Å². The molecule has 0 aliphatic rings. The Labute approximate surface area is 105 Å². The Kier molecular flexibility index (Phi) is 6.27. The minimum atomic E-state index is -0.168. The summed E-state index contributed by atoms with van der Waals surface area (Å²) in [4.78, 5) is 0. The van der Waals surface area contributed by atoms with Gasteiger partial charge in [-0.1, -0.05) is 27.2 Å². The molecule has 1 heterocycles. The van der Waals surface area contributed by atoms with Crippen LogP contribution >= 0.6 is 0 Å².